The number of nitrogens with one attached hydrogen (secondary N) is 1. The van der Waals surface area contributed by atoms with E-state index < -0.39 is 5.56 Å². The largest absolute Gasteiger partial charge is 0.497 e. The summed E-state index contributed by atoms with van der Waals surface area (Å²) in [7, 11) is 1.59. The zero-order chi connectivity index (χ0) is 19.0. The summed E-state index contributed by atoms with van der Waals surface area (Å²) in [6.45, 7) is 1.49. The highest BCUT2D eigenvalue weighted by Crippen LogP contribution is 2.21. The fourth-order valence-corrected chi connectivity index (χ4v) is 3.49. The van der Waals surface area contributed by atoms with E-state index in [1.165, 1.54) is 4.40 Å². The Bertz CT molecular complexity index is 1140. The Hall–Kier alpha value is -3.29. The molecule has 8 heteroatoms. The predicted octanol–water partition coefficient (Wildman–Crippen LogP) is 0.512. The molecule has 0 radical (unpaired) electrons. The van der Waals surface area contributed by atoms with Crippen LogP contribution in [0.5, 0.6) is 5.75 Å². The molecule has 1 aromatic carbocycles. The molecular formula is C19H21N5O3. The van der Waals surface area contributed by atoms with E-state index in [0.717, 1.165) is 43.7 Å². The van der Waals surface area contributed by atoms with E-state index in [1.807, 2.05) is 29.2 Å². The lowest BCUT2D eigenvalue weighted by Crippen LogP contribution is -2.36. The molecule has 0 atom stereocenters. The van der Waals surface area contributed by atoms with Crippen LogP contribution >= 0.6 is 0 Å². The molecule has 140 valence electrons. The van der Waals surface area contributed by atoms with Gasteiger partial charge in [-0.3, -0.25) is 9.59 Å². The molecular weight excluding hydrogens is 346 g/mol. The van der Waals surface area contributed by atoms with Gasteiger partial charge in [-0.25, -0.2) is 4.40 Å². The number of piperidine rings is 1. The third kappa shape index (κ3) is 3.03. The quantitative estimate of drug-likeness (QED) is 0.699. The standard InChI is InChI=1S/C19H21N5O3/c1-27-13-7-5-12(6-8-13)11-14-18(26)24-16(20)15(17(25)22-19(24)21-14)23-9-3-2-4-10-23/h5-8,11H,2-4,9-10,20H2,1H3,(H,21,22,25). The lowest BCUT2D eigenvalue weighted by atomic mass is 10.1. The molecule has 3 N–H and O–H groups in total. The van der Waals surface area contributed by atoms with Crippen LogP contribution in [0.3, 0.4) is 0 Å². The van der Waals surface area contributed by atoms with E-state index in [2.05, 4.69) is 9.97 Å². The maximum absolute atomic E-state index is 12.9. The topological polar surface area (TPSA) is 106 Å². The molecule has 3 heterocycles. The first-order valence-electron chi connectivity index (χ1n) is 8.93. The molecule has 8 nitrogen and oxygen atoms in total. The Kier molecular flexibility index (Phi) is 4.31. The number of methoxy groups -OCH3 is 1. The fraction of sp³-hybridized carbons (Fsp3) is 0.316. The van der Waals surface area contributed by atoms with E-state index in [-0.39, 0.29) is 17.2 Å². The third-order valence-electron chi connectivity index (χ3n) is 4.88. The Balaban J connectivity index is 1.86. The minimum absolute atomic E-state index is 0.141. The molecule has 1 aliphatic rings. The van der Waals surface area contributed by atoms with Crippen molar-refractivity contribution in [2.24, 2.45) is 0 Å². The van der Waals surface area contributed by atoms with E-state index in [4.69, 9.17) is 10.5 Å². The number of aromatic amines is 1. The second-order valence-corrected chi connectivity index (χ2v) is 6.62. The molecule has 1 fully saturated rings. The Morgan fingerprint density at radius 3 is 2.52 bits per heavy atom. The first-order valence-corrected chi connectivity index (χ1v) is 8.93. The van der Waals surface area contributed by atoms with Crippen LogP contribution in [-0.4, -0.2) is 34.6 Å². The van der Waals surface area contributed by atoms with Crippen LogP contribution in [0.25, 0.3) is 11.9 Å². The summed E-state index contributed by atoms with van der Waals surface area (Å²) in [6.07, 6.45) is 4.82. The van der Waals surface area contributed by atoms with Crippen LogP contribution in [0.1, 0.15) is 24.8 Å². The minimum atomic E-state index is -0.411. The highest BCUT2D eigenvalue weighted by atomic mass is 16.5. The molecule has 27 heavy (non-hydrogen) atoms. The summed E-state index contributed by atoms with van der Waals surface area (Å²) in [4.78, 5) is 34.3. The third-order valence-corrected chi connectivity index (χ3v) is 4.88. The number of benzene rings is 1. The number of nitrogen functional groups attached to an aromatic ring is 1. The van der Waals surface area contributed by atoms with Gasteiger partial charge in [0.25, 0.3) is 11.1 Å². The minimum Gasteiger partial charge on any atom is -0.497 e. The van der Waals surface area contributed by atoms with Gasteiger partial charge < -0.3 is 20.4 Å². The summed E-state index contributed by atoms with van der Waals surface area (Å²) in [5.41, 5.74) is 6.62. The lowest BCUT2D eigenvalue weighted by molar-refractivity contribution is 0.415. The number of H-pyrrole nitrogens is 1. The number of hydrogen-bond donors (Lipinski definition) is 2. The van der Waals surface area contributed by atoms with Gasteiger partial charge in [-0.15, -0.1) is 0 Å². The van der Waals surface area contributed by atoms with Crippen LogP contribution in [0.15, 0.2) is 33.9 Å². The average molecular weight is 367 g/mol. The fourth-order valence-electron chi connectivity index (χ4n) is 3.49. The number of nitrogens with two attached hydrogens (primary N) is 1. The van der Waals surface area contributed by atoms with Crippen molar-refractivity contribution in [1.82, 2.24) is 14.4 Å². The van der Waals surface area contributed by atoms with Crippen molar-refractivity contribution in [3.63, 3.8) is 0 Å². The molecule has 1 aliphatic heterocycles. The Labute approximate surface area is 154 Å². The van der Waals surface area contributed by atoms with Crippen molar-refractivity contribution in [1.29, 1.82) is 0 Å². The van der Waals surface area contributed by atoms with Gasteiger partial charge in [-0.1, -0.05) is 12.1 Å². The van der Waals surface area contributed by atoms with Gasteiger partial charge in [0.15, 0.2) is 0 Å². The average Bonchev–Trinajstić information content (AvgIpc) is 2.98. The number of fused-ring (bicyclic) bond motifs is 1. The summed E-state index contributed by atoms with van der Waals surface area (Å²) in [5, 5.41) is 0.314. The van der Waals surface area contributed by atoms with Crippen LogP contribution in [0, 0.1) is 0 Å². The highest BCUT2D eigenvalue weighted by Gasteiger charge is 2.21. The SMILES string of the molecule is COc1ccc(C=c2[nH]c3nc(=O)c(N4CCCCC4)c(N)n3c2=O)cc1. The maximum Gasteiger partial charge on any atom is 0.300 e. The molecule has 0 amide bonds. The van der Waals surface area contributed by atoms with Gasteiger partial charge in [-0.05, 0) is 43.0 Å². The molecule has 0 bridgehead atoms. The number of rotatable bonds is 3. The molecule has 0 spiro atoms. The lowest BCUT2D eigenvalue weighted by Gasteiger charge is -2.28. The van der Waals surface area contributed by atoms with Gasteiger partial charge >= 0.3 is 0 Å². The van der Waals surface area contributed by atoms with Crippen LogP contribution in [0.2, 0.25) is 0 Å². The van der Waals surface area contributed by atoms with E-state index in [0.29, 0.717) is 11.0 Å². The first kappa shape index (κ1) is 17.1. The molecule has 0 unspecified atom stereocenters. The number of imidazole rings is 1. The summed E-state index contributed by atoms with van der Waals surface area (Å²) in [6, 6.07) is 7.29. The van der Waals surface area contributed by atoms with Gasteiger partial charge in [0.1, 0.15) is 22.6 Å². The number of aromatic nitrogens is 3. The molecule has 1 saturated heterocycles. The molecule has 0 aliphatic carbocycles. The molecule has 3 aromatic rings. The van der Waals surface area contributed by atoms with Crippen LogP contribution < -0.4 is 31.8 Å². The van der Waals surface area contributed by atoms with Crippen molar-refractivity contribution in [2.75, 3.05) is 30.8 Å². The van der Waals surface area contributed by atoms with Crippen molar-refractivity contribution in [2.45, 2.75) is 19.3 Å². The molecule has 4 rings (SSSR count). The summed E-state index contributed by atoms with van der Waals surface area (Å²) < 4.78 is 6.42. The molecule has 0 saturated carbocycles. The Morgan fingerprint density at radius 2 is 1.85 bits per heavy atom. The number of hydrogen-bond acceptors (Lipinski definition) is 6. The van der Waals surface area contributed by atoms with Gasteiger partial charge in [0, 0.05) is 13.1 Å². The van der Waals surface area contributed by atoms with Crippen molar-refractivity contribution >= 4 is 23.4 Å². The Morgan fingerprint density at radius 1 is 1.15 bits per heavy atom. The first-order chi connectivity index (χ1) is 13.1. The van der Waals surface area contributed by atoms with E-state index in [9.17, 15) is 9.59 Å². The monoisotopic (exact) mass is 367 g/mol. The number of anilines is 2. The van der Waals surface area contributed by atoms with E-state index >= 15 is 0 Å². The highest BCUT2D eigenvalue weighted by molar-refractivity contribution is 5.66. The second-order valence-electron chi connectivity index (χ2n) is 6.62. The summed E-state index contributed by atoms with van der Waals surface area (Å²) in [5.74, 6) is 1.03. The molecule has 2 aromatic heterocycles. The summed E-state index contributed by atoms with van der Waals surface area (Å²) >= 11 is 0. The normalized spacial score (nSPS) is 15.4. The smallest absolute Gasteiger partial charge is 0.300 e. The second kappa shape index (κ2) is 6.79. The zero-order valence-corrected chi connectivity index (χ0v) is 15.1. The number of ether oxygens (including phenoxy) is 1. The van der Waals surface area contributed by atoms with Crippen LogP contribution in [0.4, 0.5) is 11.5 Å². The number of nitrogens with zero attached hydrogens (tertiary/aromatic N) is 3. The zero-order valence-electron chi connectivity index (χ0n) is 15.1. The maximum atomic E-state index is 12.9. The van der Waals surface area contributed by atoms with Crippen molar-refractivity contribution < 1.29 is 4.74 Å². The van der Waals surface area contributed by atoms with E-state index in [1.54, 1.807) is 13.2 Å². The van der Waals surface area contributed by atoms with Gasteiger partial charge in [0.2, 0.25) is 5.78 Å². The van der Waals surface area contributed by atoms with Crippen molar-refractivity contribution in [3.8, 4) is 5.75 Å². The van der Waals surface area contributed by atoms with Crippen molar-refractivity contribution in [3.05, 3.63) is 55.9 Å². The van der Waals surface area contributed by atoms with Gasteiger partial charge in [0.05, 0.1) is 7.11 Å². The van der Waals surface area contributed by atoms with Gasteiger partial charge in [-0.2, -0.15) is 4.98 Å². The van der Waals surface area contributed by atoms with Crippen LogP contribution in [-0.2, 0) is 0 Å². The predicted molar refractivity (Wildman–Crippen MR) is 104 cm³/mol.